The van der Waals surface area contributed by atoms with Crippen LogP contribution in [0.1, 0.15) is 70.3 Å². The number of allylic oxidation sites excluding steroid dienone is 3. The molecular formula is C29H44N4O. The maximum absolute atomic E-state index is 13.4. The first-order valence-corrected chi connectivity index (χ1v) is 12.2. The standard InChI is InChI=1S/C23H28N4O.2C2H6.C2H4/c1-4-7-16(5-2)21-8-6-11-27(21)23(28)20-15-26(3)22-12-17(9-10-19(20)22)18(13-24)14-25;3*1-2/h4-5,7,9-10,12-15,21,24H,6,8,11,25H2,1-3H3;2*1-2H3;1-2H2/b7-4-,16-5+,18-14+,24-13?;;;. The van der Waals surface area contributed by atoms with Gasteiger partial charge in [0.05, 0.1) is 11.6 Å². The van der Waals surface area contributed by atoms with Gasteiger partial charge in [-0.2, -0.15) is 0 Å². The third-order valence-corrected chi connectivity index (χ3v) is 5.48. The molecule has 1 aromatic heterocycles. The van der Waals surface area contributed by atoms with E-state index in [1.807, 2.05) is 88.5 Å². The van der Waals surface area contributed by atoms with Gasteiger partial charge in [0.1, 0.15) is 0 Å². The van der Waals surface area contributed by atoms with E-state index in [1.165, 1.54) is 18.0 Å². The van der Waals surface area contributed by atoms with Gasteiger partial charge in [0.25, 0.3) is 5.91 Å². The van der Waals surface area contributed by atoms with Crippen molar-refractivity contribution in [1.82, 2.24) is 9.47 Å². The maximum atomic E-state index is 13.4. The summed E-state index contributed by atoms with van der Waals surface area (Å²) in [5, 5.41) is 8.44. The molecule has 34 heavy (non-hydrogen) atoms. The van der Waals surface area contributed by atoms with E-state index >= 15 is 0 Å². The molecule has 0 aliphatic carbocycles. The Balaban J connectivity index is 0.00000168. The Morgan fingerprint density at radius 3 is 2.35 bits per heavy atom. The highest BCUT2D eigenvalue weighted by Gasteiger charge is 2.32. The highest BCUT2D eigenvalue weighted by molar-refractivity contribution is 6.11. The number of carbonyl (C=O) groups is 1. The van der Waals surface area contributed by atoms with E-state index in [0.717, 1.165) is 41.4 Å². The minimum atomic E-state index is 0.0753. The summed E-state index contributed by atoms with van der Waals surface area (Å²) in [5.41, 5.74) is 10.0. The van der Waals surface area contributed by atoms with Crippen molar-refractivity contribution in [1.29, 1.82) is 5.41 Å². The molecule has 3 rings (SSSR count). The second kappa shape index (κ2) is 16.3. The molecule has 5 nitrogen and oxygen atoms in total. The fraction of sp³-hybridized carbons (Fsp3) is 0.379. The number of likely N-dealkylation sites (tertiary alicyclic amines) is 1. The summed E-state index contributed by atoms with van der Waals surface area (Å²) in [6, 6.07) is 5.99. The number of nitrogens with one attached hydrogen (secondary N) is 1. The van der Waals surface area contributed by atoms with E-state index in [0.29, 0.717) is 5.57 Å². The first-order valence-electron chi connectivity index (χ1n) is 12.2. The summed E-state index contributed by atoms with van der Waals surface area (Å²) in [5.74, 6) is 0.0753. The smallest absolute Gasteiger partial charge is 0.256 e. The molecule has 1 unspecified atom stereocenters. The molecule has 3 N–H and O–H groups in total. The number of aryl methyl sites for hydroxylation is 1. The normalized spacial score (nSPS) is 15.6. The third-order valence-electron chi connectivity index (χ3n) is 5.48. The van der Waals surface area contributed by atoms with Crippen LogP contribution in [0.2, 0.25) is 0 Å². The Labute approximate surface area is 206 Å². The molecule has 1 saturated heterocycles. The summed E-state index contributed by atoms with van der Waals surface area (Å²) in [6.45, 7) is 18.8. The van der Waals surface area contributed by atoms with Crippen LogP contribution in [0.25, 0.3) is 16.5 Å². The van der Waals surface area contributed by atoms with E-state index in [2.05, 4.69) is 25.3 Å². The fourth-order valence-electron chi connectivity index (χ4n) is 4.06. The van der Waals surface area contributed by atoms with Crippen molar-refractivity contribution in [2.45, 2.75) is 60.4 Å². The summed E-state index contributed by atoms with van der Waals surface area (Å²) in [6.07, 6.45) is 12.8. The van der Waals surface area contributed by atoms with Crippen molar-refractivity contribution in [3.05, 3.63) is 78.7 Å². The van der Waals surface area contributed by atoms with Gasteiger partial charge in [-0.25, -0.2) is 0 Å². The van der Waals surface area contributed by atoms with Crippen LogP contribution in [0, 0.1) is 5.41 Å². The van der Waals surface area contributed by atoms with E-state index < -0.39 is 0 Å². The summed E-state index contributed by atoms with van der Waals surface area (Å²) >= 11 is 0. The average molecular weight is 465 g/mol. The summed E-state index contributed by atoms with van der Waals surface area (Å²) in [4.78, 5) is 15.4. The van der Waals surface area contributed by atoms with Crippen molar-refractivity contribution >= 4 is 28.6 Å². The van der Waals surface area contributed by atoms with Gasteiger partial charge in [0.2, 0.25) is 0 Å². The number of nitrogens with zero attached hydrogens (tertiary/aromatic N) is 2. The van der Waals surface area contributed by atoms with Gasteiger partial charge in [0.15, 0.2) is 0 Å². The maximum Gasteiger partial charge on any atom is 0.256 e. The molecule has 1 amide bonds. The molecule has 1 aliphatic rings. The molecule has 0 bridgehead atoms. The zero-order valence-electron chi connectivity index (χ0n) is 22.2. The van der Waals surface area contributed by atoms with Crippen LogP contribution < -0.4 is 5.73 Å². The predicted molar refractivity (Wildman–Crippen MR) is 150 cm³/mol. The number of benzene rings is 1. The topological polar surface area (TPSA) is 75.1 Å². The Hall–Kier alpha value is -3.34. The van der Waals surface area contributed by atoms with Crippen molar-refractivity contribution in [3.8, 4) is 0 Å². The summed E-state index contributed by atoms with van der Waals surface area (Å²) in [7, 11) is 1.94. The largest absolute Gasteiger partial charge is 0.404 e. The summed E-state index contributed by atoms with van der Waals surface area (Å²) < 4.78 is 1.97. The Morgan fingerprint density at radius 1 is 1.18 bits per heavy atom. The van der Waals surface area contributed by atoms with E-state index in [9.17, 15) is 4.79 Å². The minimum absolute atomic E-state index is 0.0753. The van der Waals surface area contributed by atoms with E-state index in [-0.39, 0.29) is 11.9 Å². The number of amides is 1. The molecule has 1 aliphatic heterocycles. The number of hydrogen-bond donors (Lipinski definition) is 2. The monoisotopic (exact) mass is 464 g/mol. The van der Waals surface area contributed by atoms with Crippen LogP contribution in [0.4, 0.5) is 0 Å². The molecule has 0 saturated carbocycles. The van der Waals surface area contributed by atoms with Gasteiger partial charge >= 0.3 is 0 Å². The molecule has 2 aromatic rings. The van der Waals surface area contributed by atoms with Crippen LogP contribution >= 0.6 is 0 Å². The average Bonchev–Trinajstić information content (AvgIpc) is 3.51. The van der Waals surface area contributed by atoms with Crippen molar-refractivity contribution in [3.63, 3.8) is 0 Å². The van der Waals surface area contributed by atoms with Gasteiger partial charge in [-0.1, -0.05) is 58.1 Å². The van der Waals surface area contributed by atoms with Gasteiger partial charge in [0, 0.05) is 48.7 Å². The Morgan fingerprint density at radius 2 is 1.82 bits per heavy atom. The van der Waals surface area contributed by atoms with Crippen molar-refractivity contribution in [2.24, 2.45) is 12.8 Å². The molecule has 1 fully saturated rings. The van der Waals surface area contributed by atoms with Gasteiger partial charge in [-0.3, -0.25) is 4.79 Å². The van der Waals surface area contributed by atoms with Crippen LogP contribution in [-0.2, 0) is 7.05 Å². The molecule has 0 spiro atoms. The van der Waals surface area contributed by atoms with E-state index in [4.69, 9.17) is 11.1 Å². The molecule has 1 atom stereocenters. The van der Waals surface area contributed by atoms with Crippen LogP contribution in [0.15, 0.2) is 67.6 Å². The Bertz CT molecular complexity index is 1010. The lowest BCUT2D eigenvalue weighted by molar-refractivity contribution is 0.0759. The quantitative estimate of drug-likeness (QED) is 0.281. The first kappa shape index (κ1) is 30.7. The number of nitrogens with two attached hydrogens (primary N) is 1. The second-order valence-corrected chi connectivity index (χ2v) is 7.10. The lowest BCUT2D eigenvalue weighted by atomic mass is 10.0. The number of hydrogen-bond acceptors (Lipinski definition) is 3. The zero-order valence-corrected chi connectivity index (χ0v) is 22.2. The Kier molecular flexibility index (Phi) is 14.7. The highest BCUT2D eigenvalue weighted by atomic mass is 16.2. The number of carbonyl (C=O) groups excluding carboxylic acids is 1. The van der Waals surface area contributed by atoms with Gasteiger partial charge < -0.3 is 20.6 Å². The lowest BCUT2D eigenvalue weighted by Crippen LogP contribution is -2.36. The third kappa shape index (κ3) is 6.83. The predicted octanol–water partition coefficient (Wildman–Crippen LogP) is 7.11. The highest BCUT2D eigenvalue weighted by Crippen LogP contribution is 2.30. The minimum Gasteiger partial charge on any atom is -0.404 e. The van der Waals surface area contributed by atoms with E-state index in [1.54, 1.807) is 0 Å². The second-order valence-electron chi connectivity index (χ2n) is 7.10. The number of fused-ring (bicyclic) bond motifs is 1. The molecule has 1 aromatic carbocycles. The van der Waals surface area contributed by atoms with Crippen LogP contribution in [-0.4, -0.2) is 34.2 Å². The van der Waals surface area contributed by atoms with Crippen LogP contribution in [0.3, 0.4) is 0 Å². The molecule has 0 radical (unpaired) electrons. The lowest BCUT2D eigenvalue weighted by Gasteiger charge is -2.25. The van der Waals surface area contributed by atoms with Crippen molar-refractivity contribution in [2.75, 3.05) is 6.54 Å². The van der Waals surface area contributed by atoms with Gasteiger partial charge in [-0.05, 0) is 43.9 Å². The van der Waals surface area contributed by atoms with Gasteiger partial charge in [-0.15, -0.1) is 13.2 Å². The SMILES string of the molecule is C/C=C\C(=C/C)C1CCCN1C(=O)c1cn(C)c2cc(/C(C=N)=C/N)ccc12.C=C.CC.CC. The van der Waals surface area contributed by atoms with Crippen LogP contribution in [0.5, 0.6) is 0 Å². The molecule has 186 valence electrons. The molecular weight excluding hydrogens is 420 g/mol. The van der Waals surface area contributed by atoms with Crippen molar-refractivity contribution < 1.29 is 4.79 Å². The molecule has 2 heterocycles. The number of rotatable bonds is 5. The fourth-order valence-corrected chi connectivity index (χ4v) is 4.06. The zero-order chi connectivity index (χ0) is 26.3. The number of aromatic nitrogens is 1. The molecule has 5 heteroatoms. The first-order chi connectivity index (χ1) is 16.5.